The number of aromatic nitrogens is 4. The molecule has 2 aromatic carbocycles. The minimum absolute atomic E-state index is 0.182. The maximum atomic E-state index is 12.7. The number of para-hydroxylation sites is 1. The molecule has 1 aromatic heterocycles. The lowest BCUT2D eigenvalue weighted by atomic mass is 10.3. The van der Waals surface area contributed by atoms with Gasteiger partial charge in [-0.2, -0.15) is 8.99 Å². The molecule has 0 bridgehead atoms. The van der Waals surface area contributed by atoms with E-state index in [1.165, 1.54) is 28.2 Å². The summed E-state index contributed by atoms with van der Waals surface area (Å²) in [5.41, 5.74) is 1.30. The SMILES string of the molecule is CC(Sc1nnnn1-c1ccccc1)C(=O)Nc1ccc(S(=O)(=O)N2CCOCC2)cc1. The number of hydrogen-bond acceptors (Lipinski definition) is 8. The summed E-state index contributed by atoms with van der Waals surface area (Å²) in [4.78, 5) is 12.8. The Morgan fingerprint density at radius 3 is 2.47 bits per heavy atom. The van der Waals surface area contributed by atoms with Crippen molar-refractivity contribution in [3.8, 4) is 5.69 Å². The van der Waals surface area contributed by atoms with E-state index in [1.807, 2.05) is 30.3 Å². The number of hydrogen-bond donors (Lipinski definition) is 1. The molecular formula is C20H22N6O4S2. The minimum atomic E-state index is -3.58. The third kappa shape index (κ3) is 4.99. The molecule has 0 aliphatic carbocycles. The van der Waals surface area contributed by atoms with Crippen molar-refractivity contribution in [2.45, 2.75) is 22.2 Å². The molecule has 1 atom stereocenters. The highest BCUT2D eigenvalue weighted by atomic mass is 32.2. The topological polar surface area (TPSA) is 119 Å². The zero-order chi connectivity index (χ0) is 22.6. The van der Waals surface area contributed by atoms with E-state index in [0.29, 0.717) is 37.1 Å². The number of amides is 1. The van der Waals surface area contributed by atoms with Gasteiger partial charge in [-0.1, -0.05) is 30.0 Å². The van der Waals surface area contributed by atoms with Crippen molar-refractivity contribution in [2.24, 2.45) is 0 Å². The van der Waals surface area contributed by atoms with Crippen LogP contribution in [0.2, 0.25) is 0 Å². The first-order valence-electron chi connectivity index (χ1n) is 9.94. The number of benzene rings is 2. The number of carbonyl (C=O) groups is 1. The smallest absolute Gasteiger partial charge is 0.243 e. The maximum absolute atomic E-state index is 12.7. The Morgan fingerprint density at radius 1 is 1.09 bits per heavy atom. The van der Waals surface area contributed by atoms with Crippen LogP contribution >= 0.6 is 11.8 Å². The van der Waals surface area contributed by atoms with E-state index >= 15 is 0 Å². The van der Waals surface area contributed by atoms with Crippen LogP contribution in [0.4, 0.5) is 5.69 Å². The van der Waals surface area contributed by atoms with Gasteiger partial charge >= 0.3 is 0 Å². The van der Waals surface area contributed by atoms with E-state index in [9.17, 15) is 13.2 Å². The van der Waals surface area contributed by atoms with Crippen LogP contribution in [0.3, 0.4) is 0 Å². The van der Waals surface area contributed by atoms with Crippen molar-refractivity contribution < 1.29 is 17.9 Å². The number of morpholine rings is 1. The highest BCUT2D eigenvalue weighted by Crippen LogP contribution is 2.24. The van der Waals surface area contributed by atoms with Crippen LogP contribution in [0.1, 0.15) is 6.92 Å². The molecule has 1 unspecified atom stereocenters. The van der Waals surface area contributed by atoms with Gasteiger partial charge in [0.15, 0.2) is 0 Å². The van der Waals surface area contributed by atoms with Crippen molar-refractivity contribution in [3.05, 3.63) is 54.6 Å². The third-order valence-electron chi connectivity index (χ3n) is 4.82. The van der Waals surface area contributed by atoms with Gasteiger partial charge in [0, 0.05) is 18.8 Å². The quantitative estimate of drug-likeness (QED) is 0.515. The lowest BCUT2D eigenvalue weighted by molar-refractivity contribution is -0.115. The maximum Gasteiger partial charge on any atom is 0.243 e. The van der Waals surface area contributed by atoms with Crippen molar-refractivity contribution in [2.75, 3.05) is 31.6 Å². The predicted molar refractivity (Wildman–Crippen MR) is 119 cm³/mol. The van der Waals surface area contributed by atoms with E-state index in [-0.39, 0.29) is 10.8 Å². The molecule has 2 heterocycles. The summed E-state index contributed by atoms with van der Waals surface area (Å²) in [6.07, 6.45) is 0. The van der Waals surface area contributed by atoms with Crippen LogP contribution in [-0.4, -0.2) is 70.4 Å². The highest BCUT2D eigenvalue weighted by molar-refractivity contribution is 8.00. The average molecular weight is 475 g/mol. The van der Waals surface area contributed by atoms with E-state index in [4.69, 9.17) is 4.74 Å². The number of anilines is 1. The molecule has 168 valence electrons. The predicted octanol–water partition coefficient (Wildman–Crippen LogP) is 1.80. The van der Waals surface area contributed by atoms with E-state index in [2.05, 4.69) is 20.8 Å². The van der Waals surface area contributed by atoms with Gasteiger partial charge in [0.1, 0.15) is 0 Å². The summed E-state index contributed by atoms with van der Waals surface area (Å²) in [6, 6.07) is 15.5. The van der Waals surface area contributed by atoms with Crippen LogP contribution in [0.5, 0.6) is 0 Å². The van der Waals surface area contributed by atoms with Crippen molar-refractivity contribution in [1.29, 1.82) is 0 Å². The van der Waals surface area contributed by atoms with Crippen LogP contribution < -0.4 is 5.32 Å². The molecule has 0 radical (unpaired) electrons. The van der Waals surface area contributed by atoms with Crippen molar-refractivity contribution >= 4 is 33.4 Å². The van der Waals surface area contributed by atoms with Gasteiger partial charge in [0.05, 0.1) is 29.0 Å². The summed E-state index contributed by atoms with van der Waals surface area (Å²) in [7, 11) is -3.58. The standard InChI is InChI=1S/C20H22N6O4S2/c1-15(31-20-22-23-24-26(20)17-5-3-2-4-6-17)19(27)21-16-7-9-18(10-8-16)32(28,29)25-11-13-30-14-12-25/h2-10,15H,11-14H2,1H3,(H,21,27). The largest absolute Gasteiger partial charge is 0.379 e. The fourth-order valence-corrected chi connectivity index (χ4v) is 5.30. The number of ether oxygens (including phenoxy) is 1. The van der Waals surface area contributed by atoms with E-state index < -0.39 is 15.3 Å². The van der Waals surface area contributed by atoms with E-state index in [0.717, 1.165) is 5.69 Å². The molecule has 1 N–H and O–H groups in total. The second-order valence-corrected chi connectivity index (χ2v) is 10.2. The zero-order valence-electron chi connectivity index (χ0n) is 17.3. The Hall–Kier alpha value is -2.80. The average Bonchev–Trinajstić information content (AvgIpc) is 3.28. The second-order valence-electron chi connectivity index (χ2n) is 7.00. The molecule has 12 heteroatoms. The fourth-order valence-electron chi connectivity index (χ4n) is 3.09. The Morgan fingerprint density at radius 2 is 1.78 bits per heavy atom. The highest BCUT2D eigenvalue weighted by Gasteiger charge is 2.26. The number of tetrazole rings is 1. The summed E-state index contributed by atoms with van der Waals surface area (Å²) < 4.78 is 33.6. The monoisotopic (exact) mass is 474 g/mol. The van der Waals surface area contributed by atoms with Crippen LogP contribution in [-0.2, 0) is 19.6 Å². The minimum Gasteiger partial charge on any atom is -0.379 e. The normalized spacial score (nSPS) is 15.9. The van der Waals surface area contributed by atoms with Gasteiger partial charge in [-0.15, -0.1) is 5.10 Å². The third-order valence-corrected chi connectivity index (χ3v) is 7.77. The Kier molecular flexibility index (Phi) is 6.84. The van der Waals surface area contributed by atoms with Gasteiger partial charge in [-0.05, 0) is 53.7 Å². The number of thioether (sulfide) groups is 1. The summed E-state index contributed by atoms with van der Waals surface area (Å²) in [5.74, 6) is -0.249. The number of sulfonamides is 1. The molecule has 1 fully saturated rings. The molecule has 4 rings (SSSR count). The summed E-state index contributed by atoms with van der Waals surface area (Å²) in [6.45, 7) is 3.18. The molecule has 0 spiro atoms. The number of nitrogens with zero attached hydrogens (tertiary/aromatic N) is 5. The van der Waals surface area contributed by atoms with Gasteiger partial charge in [-0.3, -0.25) is 4.79 Å². The first kappa shape index (κ1) is 22.4. The second kappa shape index (κ2) is 9.77. The van der Waals surface area contributed by atoms with Crippen molar-refractivity contribution in [1.82, 2.24) is 24.5 Å². The molecule has 1 saturated heterocycles. The molecular weight excluding hydrogens is 452 g/mol. The van der Waals surface area contributed by atoms with Gasteiger partial charge < -0.3 is 10.1 Å². The van der Waals surface area contributed by atoms with Crippen LogP contribution in [0.25, 0.3) is 5.69 Å². The lowest BCUT2D eigenvalue weighted by Crippen LogP contribution is -2.40. The van der Waals surface area contributed by atoms with Crippen molar-refractivity contribution in [3.63, 3.8) is 0 Å². The molecule has 10 nitrogen and oxygen atoms in total. The van der Waals surface area contributed by atoms with Crippen LogP contribution in [0, 0.1) is 0 Å². The van der Waals surface area contributed by atoms with Gasteiger partial charge in [0.25, 0.3) is 0 Å². The Bertz CT molecular complexity index is 1160. The molecule has 32 heavy (non-hydrogen) atoms. The summed E-state index contributed by atoms with van der Waals surface area (Å²) >= 11 is 1.23. The zero-order valence-corrected chi connectivity index (χ0v) is 18.9. The van der Waals surface area contributed by atoms with Gasteiger partial charge in [-0.25, -0.2) is 8.42 Å². The van der Waals surface area contributed by atoms with E-state index in [1.54, 1.807) is 23.7 Å². The molecule has 1 amide bonds. The molecule has 1 aliphatic rings. The molecule has 0 saturated carbocycles. The number of nitrogens with one attached hydrogen (secondary N) is 1. The Balaban J connectivity index is 1.40. The Labute approximate surface area is 190 Å². The van der Waals surface area contributed by atoms with Gasteiger partial charge in [0.2, 0.25) is 21.1 Å². The number of carbonyl (C=O) groups excluding carboxylic acids is 1. The van der Waals surface area contributed by atoms with Crippen LogP contribution in [0.15, 0.2) is 64.6 Å². The number of rotatable bonds is 7. The lowest BCUT2D eigenvalue weighted by Gasteiger charge is -2.26. The first-order chi connectivity index (χ1) is 15.4. The molecule has 3 aromatic rings. The summed E-state index contributed by atoms with van der Waals surface area (Å²) in [5, 5.41) is 14.5. The molecule has 1 aliphatic heterocycles. The fraction of sp³-hybridized carbons (Fsp3) is 0.300. The first-order valence-corrected chi connectivity index (χ1v) is 12.3.